The summed E-state index contributed by atoms with van der Waals surface area (Å²) in [5, 5.41) is 0. The van der Waals surface area contributed by atoms with Crippen molar-refractivity contribution in [1.29, 1.82) is 0 Å². The highest BCUT2D eigenvalue weighted by Crippen LogP contribution is 2.50. The molecular formula is C29H36N2O4. The van der Waals surface area contributed by atoms with E-state index in [2.05, 4.69) is 11.8 Å². The molecule has 4 rings (SSSR count). The smallest absolute Gasteiger partial charge is 0.225 e. The number of benzene rings is 1. The summed E-state index contributed by atoms with van der Waals surface area (Å²) in [5.41, 5.74) is 3.35. The fourth-order valence-electron chi connectivity index (χ4n) is 6.48. The molecule has 0 N–H and O–H groups in total. The summed E-state index contributed by atoms with van der Waals surface area (Å²) in [6.45, 7) is 9.62. The summed E-state index contributed by atoms with van der Waals surface area (Å²) in [6, 6.07) is 3.94. The fourth-order valence-corrected chi connectivity index (χ4v) is 6.48. The number of carbonyl (C=O) groups is 4. The Kier molecular flexibility index (Phi) is 7.17. The average Bonchev–Trinajstić information content (AvgIpc) is 2.81. The summed E-state index contributed by atoms with van der Waals surface area (Å²) in [4.78, 5) is 55.1. The van der Waals surface area contributed by atoms with Crippen LogP contribution in [0.15, 0.2) is 12.1 Å². The Hall–Kier alpha value is -2.94. The second-order valence-corrected chi connectivity index (χ2v) is 10.7. The number of nitrogens with zero attached hydrogens (tertiary/aromatic N) is 2. The predicted molar refractivity (Wildman–Crippen MR) is 134 cm³/mol. The molecule has 186 valence electrons. The largest absolute Gasteiger partial charge is 0.339 e. The molecule has 2 aliphatic carbocycles. The molecule has 6 heteroatoms. The SMILES string of the molecule is CC#Cc1cc(C)c(C2C(=O)CC3(CCC(C(=O)N4CCN(C(C)=O)CC4)CC3)CC2=O)c(C)c1. The highest BCUT2D eigenvalue weighted by molar-refractivity contribution is 6.10. The van der Waals surface area contributed by atoms with Gasteiger partial charge in [0.15, 0.2) is 0 Å². The van der Waals surface area contributed by atoms with Gasteiger partial charge in [0.2, 0.25) is 11.8 Å². The number of hydrogen-bond acceptors (Lipinski definition) is 4. The Morgan fingerprint density at radius 2 is 1.43 bits per heavy atom. The first-order valence-corrected chi connectivity index (χ1v) is 12.8. The summed E-state index contributed by atoms with van der Waals surface area (Å²) < 4.78 is 0. The van der Waals surface area contributed by atoms with Crippen LogP contribution in [0.3, 0.4) is 0 Å². The molecule has 3 aliphatic rings. The summed E-state index contributed by atoms with van der Waals surface area (Å²) in [7, 11) is 0. The summed E-state index contributed by atoms with van der Waals surface area (Å²) in [5.74, 6) is 5.50. The minimum Gasteiger partial charge on any atom is -0.339 e. The summed E-state index contributed by atoms with van der Waals surface area (Å²) >= 11 is 0. The van der Waals surface area contributed by atoms with E-state index in [0.717, 1.165) is 47.9 Å². The van der Waals surface area contributed by atoms with Crippen LogP contribution in [0.2, 0.25) is 0 Å². The van der Waals surface area contributed by atoms with Crippen LogP contribution in [-0.4, -0.2) is 59.4 Å². The van der Waals surface area contributed by atoms with E-state index in [1.54, 1.807) is 18.7 Å². The second kappa shape index (κ2) is 9.97. The highest BCUT2D eigenvalue weighted by Gasteiger charge is 2.48. The summed E-state index contributed by atoms with van der Waals surface area (Å²) in [6.07, 6.45) is 3.75. The van der Waals surface area contributed by atoms with Crippen LogP contribution in [0, 0.1) is 37.0 Å². The molecule has 3 fully saturated rings. The zero-order chi connectivity index (χ0) is 25.3. The lowest BCUT2D eigenvalue weighted by Gasteiger charge is -2.44. The molecule has 1 saturated heterocycles. The van der Waals surface area contributed by atoms with Gasteiger partial charge in [0.05, 0.1) is 0 Å². The lowest BCUT2D eigenvalue weighted by molar-refractivity contribution is -0.144. The van der Waals surface area contributed by atoms with Crippen molar-refractivity contribution in [2.45, 2.75) is 72.1 Å². The van der Waals surface area contributed by atoms with Gasteiger partial charge in [-0.1, -0.05) is 5.92 Å². The number of carbonyl (C=O) groups excluding carboxylic acids is 4. The van der Waals surface area contributed by atoms with E-state index < -0.39 is 5.92 Å². The molecule has 0 bridgehead atoms. The fraction of sp³-hybridized carbons (Fsp3) is 0.586. The van der Waals surface area contributed by atoms with Crippen LogP contribution < -0.4 is 0 Å². The van der Waals surface area contributed by atoms with Crippen LogP contribution in [0.5, 0.6) is 0 Å². The molecule has 2 saturated carbocycles. The third-order valence-corrected chi connectivity index (χ3v) is 8.33. The molecule has 35 heavy (non-hydrogen) atoms. The molecule has 1 spiro atoms. The van der Waals surface area contributed by atoms with Crippen molar-refractivity contribution >= 4 is 23.4 Å². The number of piperazine rings is 1. The number of ketones is 2. The number of amides is 2. The Bertz CT molecular complexity index is 1070. The van der Waals surface area contributed by atoms with Crippen LogP contribution >= 0.6 is 0 Å². The van der Waals surface area contributed by atoms with E-state index in [4.69, 9.17) is 0 Å². The van der Waals surface area contributed by atoms with E-state index in [-0.39, 0.29) is 34.7 Å². The van der Waals surface area contributed by atoms with Crippen molar-refractivity contribution in [3.05, 3.63) is 34.4 Å². The molecule has 1 aliphatic heterocycles. The topological polar surface area (TPSA) is 74.8 Å². The van der Waals surface area contributed by atoms with E-state index in [9.17, 15) is 19.2 Å². The normalized spacial score (nSPS) is 27.0. The van der Waals surface area contributed by atoms with E-state index in [0.29, 0.717) is 39.0 Å². The minimum absolute atomic E-state index is 0.0203. The zero-order valence-corrected chi connectivity index (χ0v) is 21.4. The first-order chi connectivity index (χ1) is 16.6. The standard InChI is InChI=1S/C29H36N2O4/c1-5-6-22-15-19(2)26(20(3)16-22)27-24(33)17-29(18-25(27)34)9-7-23(8-10-29)28(35)31-13-11-30(12-14-31)21(4)32/h15-16,23,27H,7-14,17-18H2,1-4H3. The van der Waals surface area contributed by atoms with Crippen molar-refractivity contribution in [2.24, 2.45) is 11.3 Å². The monoisotopic (exact) mass is 476 g/mol. The Labute approximate surface area is 208 Å². The molecule has 1 aromatic rings. The average molecular weight is 477 g/mol. The second-order valence-electron chi connectivity index (χ2n) is 10.7. The Balaban J connectivity index is 1.40. The van der Waals surface area contributed by atoms with E-state index in [1.165, 1.54) is 0 Å². The Morgan fingerprint density at radius 1 is 0.914 bits per heavy atom. The highest BCUT2D eigenvalue weighted by atomic mass is 16.2. The van der Waals surface area contributed by atoms with Gasteiger partial charge in [0.25, 0.3) is 0 Å². The predicted octanol–water partition coefficient (Wildman–Crippen LogP) is 3.56. The van der Waals surface area contributed by atoms with Gasteiger partial charge >= 0.3 is 0 Å². The first kappa shape index (κ1) is 25.2. The first-order valence-electron chi connectivity index (χ1n) is 12.8. The van der Waals surface area contributed by atoms with Crippen molar-refractivity contribution in [3.63, 3.8) is 0 Å². The number of Topliss-reactive ketones (excluding diaryl/α,β-unsaturated/α-hetero) is 2. The lowest BCUT2D eigenvalue weighted by Crippen LogP contribution is -2.52. The van der Waals surface area contributed by atoms with Gasteiger partial charge < -0.3 is 9.80 Å². The number of hydrogen-bond donors (Lipinski definition) is 0. The van der Waals surface area contributed by atoms with Crippen molar-refractivity contribution in [3.8, 4) is 11.8 Å². The lowest BCUT2D eigenvalue weighted by atomic mass is 9.59. The maximum atomic E-state index is 13.4. The number of aryl methyl sites for hydroxylation is 2. The molecule has 2 amide bonds. The van der Waals surface area contributed by atoms with Crippen LogP contribution in [0.4, 0.5) is 0 Å². The van der Waals surface area contributed by atoms with Gasteiger partial charge in [-0.15, -0.1) is 5.92 Å². The molecule has 1 heterocycles. The maximum Gasteiger partial charge on any atom is 0.225 e. The minimum atomic E-state index is -0.679. The quantitative estimate of drug-likeness (QED) is 0.483. The molecule has 0 atom stereocenters. The molecule has 0 unspecified atom stereocenters. The van der Waals surface area contributed by atoms with Crippen LogP contribution in [-0.2, 0) is 19.2 Å². The molecule has 0 aromatic heterocycles. The van der Waals surface area contributed by atoms with E-state index >= 15 is 0 Å². The van der Waals surface area contributed by atoms with Crippen LogP contribution in [0.25, 0.3) is 0 Å². The van der Waals surface area contributed by atoms with Gasteiger partial charge in [-0.2, -0.15) is 0 Å². The molecule has 0 radical (unpaired) electrons. The van der Waals surface area contributed by atoms with Crippen LogP contribution in [0.1, 0.15) is 80.5 Å². The Morgan fingerprint density at radius 3 is 1.91 bits per heavy atom. The maximum absolute atomic E-state index is 13.4. The molecular weight excluding hydrogens is 440 g/mol. The van der Waals surface area contributed by atoms with Crippen molar-refractivity contribution < 1.29 is 19.2 Å². The molecule has 6 nitrogen and oxygen atoms in total. The van der Waals surface area contributed by atoms with Gasteiger partial charge in [0, 0.05) is 57.4 Å². The van der Waals surface area contributed by atoms with Gasteiger partial charge in [-0.05, 0) is 80.7 Å². The third kappa shape index (κ3) is 5.05. The van der Waals surface area contributed by atoms with Gasteiger partial charge in [-0.3, -0.25) is 19.2 Å². The number of rotatable bonds is 2. The van der Waals surface area contributed by atoms with Crippen molar-refractivity contribution in [1.82, 2.24) is 9.80 Å². The van der Waals surface area contributed by atoms with Crippen molar-refractivity contribution in [2.75, 3.05) is 26.2 Å². The zero-order valence-electron chi connectivity index (χ0n) is 21.4. The third-order valence-electron chi connectivity index (χ3n) is 8.33. The van der Waals surface area contributed by atoms with E-state index in [1.807, 2.05) is 30.9 Å². The molecule has 1 aromatic carbocycles. The van der Waals surface area contributed by atoms with Gasteiger partial charge in [0.1, 0.15) is 17.5 Å². The van der Waals surface area contributed by atoms with Gasteiger partial charge in [-0.25, -0.2) is 0 Å².